The molecule has 28 heavy (non-hydrogen) atoms. The average Bonchev–Trinajstić information content (AvgIpc) is 3.34. The number of hydrogen-bond acceptors (Lipinski definition) is 5. The second kappa shape index (κ2) is 7.22. The van der Waals surface area contributed by atoms with Crippen LogP contribution in [0.3, 0.4) is 0 Å². The highest BCUT2D eigenvalue weighted by molar-refractivity contribution is 5.91. The number of nitrogens with one attached hydrogen (secondary N) is 1. The lowest BCUT2D eigenvalue weighted by Crippen LogP contribution is -2.30. The van der Waals surface area contributed by atoms with Crippen LogP contribution in [-0.4, -0.2) is 22.6 Å². The number of fused-ring (bicyclic) bond motifs is 1. The molecule has 150 valence electrons. The summed E-state index contributed by atoms with van der Waals surface area (Å²) in [7, 11) is 0. The lowest BCUT2D eigenvalue weighted by Gasteiger charge is -2.30. The van der Waals surface area contributed by atoms with Crippen molar-refractivity contribution < 1.29 is 9.32 Å². The molecule has 0 radical (unpaired) electrons. The van der Waals surface area contributed by atoms with Gasteiger partial charge in [0.05, 0.1) is 23.6 Å². The molecule has 0 saturated heterocycles. The molecule has 1 aliphatic carbocycles. The van der Waals surface area contributed by atoms with Gasteiger partial charge in [-0.05, 0) is 49.7 Å². The number of rotatable bonds is 5. The fourth-order valence-corrected chi connectivity index (χ4v) is 3.76. The topological polar surface area (TPSA) is 71.3 Å². The number of nitrogens with zero attached hydrogens (tertiary/aromatic N) is 3. The molecule has 2 aromatic heterocycles. The molecule has 1 aliphatic heterocycles. The van der Waals surface area contributed by atoms with Gasteiger partial charge in [-0.15, -0.1) is 0 Å². The fourth-order valence-electron chi connectivity index (χ4n) is 3.76. The molecule has 2 aliphatic rings. The molecule has 0 spiro atoms. The van der Waals surface area contributed by atoms with E-state index in [9.17, 15) is 4.79 Å². The van der Waals surface area contributed by atoms with Gasteiger partial charge in [-0.3, -0.25) is 4.79 Å². The van der Waals surface area contributed by atoms with Gasteiger partial charge >= 0.3 is 0 Å². The second-order valence-electron chi connectivity index (χ2n) is 9.42. The number of aromatic nitrogens is 2. The lowest BCUT2D eigenvalue weighted by molar-refractivity contribution is -0.117. The van der Waals surface area contributed by atoms with E-state index < -0.39 is 0 Å². The number of carbonyl (C=O) groups is 1. The van der Waals surface area contributed by atoms with Gasteiger partial charge in [0.2, 0.25) is 5.91 Å². The summed E-state index contributed by atoms with van der Waals surface area (Å²) in [6.45, 7) is 9.89. The first-order chi connectivity index (χ1) is 13.3. The molecule has 1 N–H and O–H groups in total. The Morgan fingerprint density at radius 3 is 2.82 bits per heavy atom. The highest BCUT2D eigenvalue weighted by atomic mass is 16.5. The molecule has 0 aromatic carbocycles. The Labute approximate surface area is 166 Å². The Bertz CT molecular complexity index is 877. The van der Waals surface area contributed by atoms with Crippen molar-refractivity contribution in [3.05, 3.63) is 34.8 Å². The Kier molecular flexibility index (Phi) is 4.89. The normalized spacial score (nSPS) is 16.8. The second-order valence-corrected chi connectivity index (χ2v) is 9.42. The summed E-state index contributed by atoms with van der Waals surface area (Å²) in [6.07, 6.45) is 4.91. The van der Waals surface area contributed by atoms with Crippen molar-refractivity contribution in [3.8, 4) is 0 Å². The third kappa shape index (κ3) is 4.37. The summed E-state index contributed by atoms with van der Waals surface area (Å²) in [4.78, 5) is 19.4. The van der Waals surface area contributed by atoms with Gasteiger partial charge < -0.3 is 14.7 Å². The molecule has 0 unspecified atom stereocenters. The fraction of sp³-hybridized carbons (Fsp3) is 0.591. The molecule has 6 nitrogen and oxygen atoms in total. The molecule has 0 atom stereocenters. The molecule has 1 fully saturated rings. The third-order valence-electron chi connectivity index (χ3n) is 5.32. The molecule has 2 aromatic rings. The van der Waals surface area contributed by atoms with Gasteiger partial charge in [0, 0.05) is 24.9 Å². The first-order valence-electron chi connectivity index (χ1n) is 10.3. The quantitative estimate of drug-likeness (QED) is 0.819. The standard InChI is InChI=1S/C22H30N4O2/c1-14-10-19-17(23-21(14)24-20(27)12-22(2,3)4)6-5-9-26(19)13-16-11-18(25-28-16)15-7-8-15/h10-11,15H,5-9,12-13H2,1-4H3,(H,23,24,27). The van der Waals surface area contributed by atoms with E-state index in [0.717, 1.165) is 47.8 Å². The highest BCUT2D eigenvalue weighted by Gasteiger charge is 2.28. The van der Waals surface area contributed by atoms with E-state index in [1.807, 2.05) is 6.92 Å². The number of hydrogen-bond donors (Lipinski definition) is 1. The van der Waals surface area contributed by atoms with Crippen LogP contribution in [0.25, 0.3) is 0 Å². The van der Waals surface area contributed by atoms with E-state index in [4.69, 9.17) is 9.51 Å². The van der Waals surface area contributed by atoms with Crippen molar-refractivity contribution in [2.75, 3.05) is 16.8 Å². The van der Waals surface area contributed by atoms with Gasteiger partial charge in [-0.25, -0.2) is 4.98 Å². The zero-order valence-corrected chi connectivity index (χ0v) is 17.3. The monoisotopic (exact) mass is 382 g/mol. The van der Waals surface area contributed by atoms with Crippen molar-refractivity contribution in [2.24, 2.45) is 5.41 Å². The Morgan fingerprint density at radius 2 is 2.11 bits per heavy atom. The largest absolute Gasteiger partial charge is 0.362 e. The molecule has 4 rings (SSSR count). The summed E-state index contributed by atoms with van der Waals surface area (Å²) in [5, 5.41) is 7.24. The van der Waals surface area contributed by atoms with Gasteiger partial charge in [0.15, 0.2) is 5.76 Å². The average molecular weight is 383 g/mol. The van der Waals surface area contributed by atoms with Crippen LogP contribution >= 0.6 is 0 Å². The minimum atomic E-state index is -0.0423. The summed E-state index contributed by atoms with van der Waals surface area (Å²) < 4.78 is 5.57. The van der Waals surface area contributed by atoms with Crippen LogP contribution in [-0.2, 0) is 17.8 Å². The zero-order valence-electron chi connectivity index (χ0n) is 17.3. The molecule has 6 heteroatoms. The Morgan fingerprint density at radius 1 is 1.32 bits per heavy atom. The summed E-state index contributed by atoms with van der Waals surface area (Å²) in [6, 6.07) is 4.25. The number of carbonyl (C=O) groups excluding carboxylic acids is 1. The molecular formula is C22H30N4O2. The number of pyridine rings is 1. The third-order valence-corrected chi connectivity index (χ3v) is 5.32. The summed E-state index contributed by atoms with van der Waals surface area (Å²) >= 11 is 0. The van der Waals surface area contributed by atoms with E-state index >= 15 is 0 Å². The number of anilines is 2. The maximum absolute atomic E-state index is 12.3. The highest BCUT2D eigenvalue weighted by Crippen LogP contribution is 2.40. The number of amides is 1. The summed E-state index contributed by atoms with van der Waals surface area (Å²) in [5.74, 6) is 2.22. The van der Waals surface area contributed by atoms with Gasteiger partial charge in [-0.2, -0.15) is 0 Å². The van der Waals surface area contributed by atoms with Crippen LogP contribution in [0.1, 0.15) is 75.1 Å². The minimum Gasteiger partial charge on any atom is -0.362 e. The van der Waals surface area contributed by atoms with Crippen molar-refractivity contribution in [1.82, 2.24) is 10.1 Å². The lowest BCUT2D eigenvalue weighted by atomic mass is 9.92. The first-order valence-corrected chi connectivity index (χ1v) is 10.3. The van der Waals surface area contributed by atoms with Crippen LogP contribution in [0.2, 0.25) is 0 Å². The maximum Gasteiger partial charge on any atom is 0.226 e. The SMILES string of the molecule is Cc1cc2c(nc1NC(=O)CC(C)(C)C)CCCN2Cc1cc(C2CC2)no1. The van der Waals surface area contributed by atoms with Gasteiger partial charge in [0.1, 0.15) is 5.82 Å². The Balaban J connectivity index is 1.50. The van der Waals surface area contributed by atoms with Crippen molar-refractivity contribution >= 4 is 17.4 Å². The van der Waals surface area contributed by atoms with E-state index in [1.165, 1.54) is 12.8 Å². The maximum atomic E-state index is 12.3. The predicted molar refractivity (Wildman–Crippen MR) is 110 cm³/mol. The van der Waals surface area contributed by atoms with Crippen LogP contribution in [0.15, 0.2) is 16.7 Å². The smallest absolute Gasteiger partial charge is 0.226 e. The molecule has 3 heterocycles. The van der Waals surface area contributed by atoms with Crippen LogP contribution in [0.5, 0.6) is 0 Å². The van der Waals surface area contributed by atoms with E-state index in [-0.39, 0.29) is 11.3 Å². The Hall–Kier alpha value is -2.37. The van der Waals surface area contributed by atoms with Crippen molar-refractivity contribution in [1.29, 1.82) is 0 Å². The van der Waals surface area contributed by atoms with Crippen LogP contribution in [0, 0.1) is 12.3 Å². The summed E-state index contributed by atoms with van der Waals surface area (Å²) in [5.41, 5.74) is 4.23. The molecular weight excluding hydrogens is 352 g/mol. The van der Waals surface area contributed by atoms with Gasteiger partial charge in [-0.1, -0.05) is 25.9 Å². The molecule has 0 bridgehead atoms. The van der Waals surface area contributed by atoms with Crippen molar-refractivity contribution in [3.63, 3.8) is 0 Å². The minimum absolute atomic E-state index is 0.0185. The van der Waals surface area contributed by atoms with Crippen LogP contribution < -0.4 is 10.2 Å². The van der Waals surface area contributed by atoms with Crippen molar-refractivity contribution in [2.45, 2.75) is 72.3 Å². The zero-order chi connectivity index (χ0) is 19.9. The van der Waals surface area contributed by atoms with Gasteiger partial charge in [0.25, 0.3) is 0 Å². The molecule has 1 amide bonds. The van der Waals surface area contributed by atoms with E-state index in [1.54, 1.807) is 0 Å². The molecule has 1 saturated carbocycles. The number of aryl methyl sites for hydroxylation is 2. The van der Waals surface area contributed by atoms with Crippen LogP contribution in [0.4, 0.5) is 11.5 Å². The van der Waals surface area contributed by atoms with E-state index in [2.05, 4.69) is 48.3 Å². The first kappa shape index (κ1) is 19.0. The van der Waals surface area contributed by atoms with E-state index in [0.29, 0.717) is 24.7 Å². The predicted octanol–water partition coefficient (Wildman–Crippen LogP) is 4.58.